The van der Waals surface area contributed by atoms with Crippen LogP contribution < -0.4 is 20.9 Å². The van der Waals surface area contributed by atoms with Crippen molar-refractivity contribution in [2.45, 2.75) is 60.1 Å². The average molecular weight is 440 g/mol. The molecule has 2 atom stereocenters. The van der Waals surface area contributed by atoms with Crippen LogP contribution in [0.5, 0.6) is 5.75 Å². The fourth-order valence-electron chi connectivity index (χ4n) is 3.17. The van der Waals surface area contributed by atoms with E-state index in [-0.39, 0.29) is 11.8 Å². The van der Waals surface area contributed by atoms with Gasteiger partial charge in [-0.2, -0.15) is 0 Å². The Balaban J connectivity index is 1.98. The van der Waals surface area contributed by atoms with E-state index in [4.69, 9.17) is 4.74 Å². The Morgan fingerprint density at radius 1 is 0.844 bits per heavy atom. The number of hydrogen-bond donors (Lipinski definition) is 3. The molecule has 0 aromatic heterocycles. The lowest BCUT2D eigenvalue weighted by Gasteiger charge is -2.22. The number of carbonyl (C=O) groups is 3. The maximum Gasteiger partial charge on any atom is 0.279 e. The molecule has 0 fully saturated rings. The monoisotopic (exact) mass is 439 g/mol. The molecule has 2 aromatic rings. The Kier molecular flexibility index (Phi) is 8.81. The summed E-state index contributed by atoms with van der Waals surface area (Å²) in [6.07, 6.45) is -0.394. The van der Waals surface area contributed by atoms with E-state index in [9.17, 15) is 14.4 Å². The molecule has 3 N–H and O–H groups in total. The second-order valence-corrected chi connectivity index (χ2v) is 8.41. The SMILES string of the molecule is Cc1ccccc1C(=O)N[C@H](CC(C)C)C(=O)NNC(=O)[C@H](C)Oc1cccc(C)c1C. The Morgan fingerprint density at radius 3 is 2.12 bits per heavy atom. The molecule has 0 spiro atoms. The quantitative estimate of drug-likeness (QED) is 0.550. The Morgan fingerprint density at radius 2 is 1.47 bits per heavy atom. The number of ether oxygens (including phenoxy) is 1. The third-order valence-corrected chi connectivity index (χ3v) is 5.26. The average Bonchev–Trinajstić information content (AvgIpc) is 2.74. The molecule has 2 aromatic carbocycles. The Hall–Kier alpha value is -3.35. The van der Waals surface area contributed by atoms with Crippen LogP contribution in [0.2, 0.25) is 0 Å². The van der Waals surface area contributed by atoms with Gasteiger partial charge in [0, 0.05) is 5.56 Å². The van der Waals surface area contributed by atoms with Crippen molar-refractivity contribution in [1.29, 1.82) is 0 Å². The van der Waals surface area contributed by atoms with Crippen LogP contribution in [0.4, 0.5) is 0 Å². The number of amides is 3. The molecule has 0 bridgehead atoms. The van der Waals surface area contributed by atoms with Gasteiger partial charge in [-0.1, -0.05) is 44.2 Å². The number of hydrogen-bond acceptors (Lipinski definition) is 4. The molecule has 0 saturated carbocycles. The molecular formula is C25H33N3O4. The van der Waals surface area contributed by atoms with Crippen molar-refractivity contribution in [2.24, 2.45) is 5.92 Å². The third-order valence-electron chi connectivity index (χ3n) is 5.26. The molecule has 172 valence electrons. The van der Waals surface area contributed by atoms with Crippen molar-refractivity contribution < 1.29 is 19.1 Å². The van der Waals surface area contributed by atoms with E-state index in [1.807, 2.05) is 58.9 Å². The van der Waals surface area contributed by atoms with Gasteiger partial charge in [-0.05, 0) is 68.9 Å². The highest BCUT2D eigenvalue weighted by Crippen LogP contribution is 2.21. The second kappa shape index (κ2) is 11.3. The van der Waals surface area contributed by atoms with Gasteiger partial charge in [-0.25, -0.2) is 0 Å². The van der Waals surface area contributed by atoms with Gasteiger partial charge in [-0.3, -0.25) is 25.2 Å². The van der Waals surface area contributed by atoms with Gasteiger partial charge < -0.3 is 10.1 Å². The maximum absolute atomic E-state index is 12.7. The van der Waals surface area contributed by atoms with Gasteiger partial charge in [0.05, 0.1) is 0 Å². The fraction of sp³-hybridized carbons (Fsp3) is 0.400. The van der Waals surface area contributed by atoms with E-state index in [1.165, 1.54) is 0 Å². The predicted octanol–water partition coefficient (Wildman–Crippen LogP) is 3.37. The molecule has 0 radical (unpaired) electrons. The summed E-state index contributed by atoms with van der Waals surface area (Å²) in [5.41, 5.74) is 8.16. The van der Waals surface area contributed by atoms with Crippen molar-refractivity contribution in [2.75, 3.05) is 0 Å². The van der Waals surface area contributed by atoms with E-state index < -0.39 is 24.0 Å². The first-order valence-corrected chi connectivity index (χ1v) is 10.8. The molecule has 32 heavy (non-hydrogen) atoms. The fourth-order valence-corrected chi connectivity index (χ4v) is 3.17. The zero-order chi connectivity index (χ0) is 23.8. The molecule has 0 unspecified atom stereocenters. The lowest BCUT2D eigenvalue weighted by Crippen LogP contribution is -2.54. The van der Waals surface area contributed by atoms with Gasteiger partial charge in [0.2, 0.25) is 0 Å². The standard InChI is InChI=1S/C25H33N3O4/c1-15(2)14-21(26-24(30)20-12-8-7-10-17(20)4)25(31)28-27-23(29)19(6)32-22-13-9-11-16(3)18(22)5/h7-13,15,19,21H,14H2,1-6H3,(H,26,30)(H,27,29)(H,28,31)/t19-,21+/m0/s1. The number of aryl methyl sites for hydroxylation is 2. The minimum Gasteiger partial charge on any atom is -0.481 e. The van der Waals surface area contributed by atoms with Gasteiger partial charge in [-0.15, -0.1) is 0 Å². The molecule has 0 heterocycles. The number of carbonyl (C=O) groups excluding carboxylic acids is 3. The highest BCUT2D eigenvalue weighted by molar-refractivity contribution is 5.98. The molecular weight excluding hydrogens is 406 g/mol. The van der Waals surface area contributed by atoms with Gasteiger partial charge >= 0.3 is 0 Å². The molecule has 0 aliphatic heterocycles. The molecule has 2 rings (SSSR count). The Bertz CT molecular complexity index is 971. The van der Waals surface area contributed by atoms with Crippen LogP contribution in [0.3, 0.4) is 0 Å². The summed E-state index contributed by atoms with van der Waals surface area (Å²) in [6, 6.07) is 12.0. The summed E-state index contributed by atoms with van der Waals surface area (Å²) in [6.45, 7) is 11.2. The van der Waals surface area contributed by atoms with Crippen LogP contribution in [0.25, 0.3) is 0 Å². The van der Waals surface area contributed by atoms with Gasteiger partial charge in [0.25, 0.3) is 17.7 Å². The number of nitrogens with one attached hydrogen (secondary N) is 3. The lowest BCUT2D eigenvalue weighted by molar-refractivity contribution is -0.133. The first-order valence-electron chi connectivity index (χ1n) is 10.8. The Labute approximate surface area is 189 Å². The van der Waals surface area contributed by atoms with Crippen LogP contribution in [-0.2, 0) is 9.59 Å². The van der Waals surface area contributed by atoms with E-state index in [1.54, 1.807) is 25.1 Å². The second-order valence-electron chi connectivity index (χ2n) is 8.41. The van der Waals surface area contributed by atoms with Crippen LogP contribution in [0.1, 0.15) is 54.2 Å². The highest BCUT2D eigenvalue weighted by atomic mass is 16.5. The number of hydrazine groups is 1. The summed E-state index contributed by atoms with van der Waals surface area (Å²) < 4.78 is 5.75. The van der Waals surface area contributed by atoms with Gasteiger partial charge in [0.15, 0.2) is 6.10 Å². The normalized spacial score (nSPS) is 12.6. The summed E-state index contributed by atoms with van der Waals surface area (Å²) in [4.78, 5) is 37.8. The largest absolute Gasteiger partial charge is 0.481 e. The van der Waals surface area contributed by atoms with Crippen LogP contribution in [0, 0.1) is 26.7 Å². The number of rotatable bonds is 8. The van der Waals surface area contributed by atoms with E-state index in [0.717, 1.165) is 16.7 Å². The van der Waals surface area contributed by atoms with E-state index >= 15 is 0 Å². The van der Waals surface area contributed by atoms with Crippen molar-refractivity contribution in [3.05, 3.63) is 64.7 Å². The summed E-state index contributed by atoms with van der Waals surface area (Å²) in [7, 11) is 0. The molecule has 0 saturated heterocycles. The number of benzene rings is 2. The van der Waals surface area contributed by atoms with Crippen molar-refractivity contribution in [3.8, 4) is 5.75 Å². The predicted molar refractivity (Wildman–Crippen MR) is 124 cm³/mol. The summed E-state index contributed by atoms with van der Waals surface area (Å²) >= 11 is 0. The maximum atomic E-state index is 12.7. The zero-order valence-corrected chi connectivity index (χ0v) is 19.6. The van der Waals surface area contributed by atoms with Crippen LogP contribution >= 0.6 is 0 Å². The molecule has 0 aliphatic rings. The lowest BCUT2D eigenvalue weighted by atomic mass is 10.0. The molecule has 0 aliphatic carbocycles. The summed E-state index contributed by atoms with van der Waals surface area (Å²) in [5.74, 6) is -0.546. The van der Waals surface area contributed by atoms with Gasteiger partial charge in [0.1, 0.15) is 11.8 Å². The van der Waals surface area contributed by atoms with E-state index in [0.29, 0.717) is 17.7 Å². The van der Waals surface area contributed by atoms with Crippen molar-refractivity contribution in [3.63, 3.8) is 0 Å². The summed E-state index contributed by atoms with van der Waals surface area (Å²) in [5, 5.41) is 2.78. The first kappa shape index (κ1) is 24.9. The third kappa shape index (κ3) is 6.83. The van der Waals surface area contributed by atoms with Crippen LogP contribution in [0.15, 0.2) is 42.5 Å². The topological polar surface area (TPSA) is 96.5 Å². The zero-order valence-electron chi connectivity index (χ0n) is 19.6. The van der Waals surface area contributed by atoms with Crippen molar-refractivity contribution in [1.82, 2.24) is 16.2 Å². The minimum absolute atomic E-state index is 0.158. The molecule has 7 nitrogen and oxygen atoms in total. The van der Waals surface area contributed by atoms with E-state index in [2.05, 4.69) is 16.2 Å². The molecule has 3 amide bonds. The molecule has 7 heteroatoms. The van der Waals surface area contributed by atoms with Crippen molar-refractivity contribution >= 4 is 17.7 Å². The minimum atomic E-state index is -0.819. The highest BCUT2D eigenvalue weighted by Gasteiger charge is 2.24. The smallest absolute Gasteiger partial charge is 0.279 e. The first-order chi connectivity index (χ1) is 15.1. The van der Waals surface area contributed by atoms with Crippen LogP contribution in [-0.4, -0.2) is 29.9 Å².